The zero-order valence-electron chi connectivity index (χ0n) is 29.5. The molecule has 0 spiro atoms. The summed E-state index contributed by atoms with van der Waals surface area (Å²) in [6, 6.07) is 10.3. The molecule has 270 valence electrons. The fourth-order valence-electron chi connectivity index (χ4n) is 5.06. The van der Waals surface area contributed by atoms with Crippen molar-refractivity contribution in [2.45, 2.75) is 84.0 Å². The number of aliphatic hydroxyl groups is 1. The summed E-state index contributed by atoms with van der Waals surface area (Å²) in [7, 11) is 1.55. The number of aliphatic hydroxyl groups excluding tert-OH is 1. The lowest BCUT2D eigenvalue weighted by molar-refractivity contribution is -0.131. The van der Waals surface area contributed by atoms with Gasteiger partial charge < -0.3 is 40.6 Å². The average molecular weight is 683 g/mol. The molecule has 0 saturated heterocycles. The van der Waals surface area contributed by atoms with Crippen molar-refractivity contribution in [3.63, 3.8) is 0 Å². The Balaban J connectivity index is 2.21. The predicted octanol–water partition coefficient (Wildman–Crippen LogP) is 3.09. The van der Waals surface area contributed by atoms with Crippen LogP contribution in [0.1, 0.15) is 58.9 Å². The molecule has 0 bridgehead atoms. The number of carbonyl (C=O) groups is 4. The number of rotatable bonds is 22. The van der Waals surface area contributed by atoms with Crippen LogP contribution in [0.5, 0.6) is 0 Å². The molecule has 0 aliphatic carbocycles. The Kier molecular flexibility index (Phi) is 18.8. The van der Waals surface area contributed by atoms with Crippen molar-refractivity contribution in [3.8, 4) is 12.3 Å². The van der Waals surface area contributed by atoms with E-state index in [2.05, 4.69) is 27.2 Å². The number of nitrogens with one attached hydrogen (secondary N) is 4. The number of carbonyl (C=O) groups excluding carboxylic acids is 4. The molecular weight excluding hydrogens is 628 g/mol. The number of ether oxygens (including phenoxy) is 3. The van der Waals surface area contributed by atoms with E-state index in [0.29, 0.717) is 32.1 Å². The molecule has 0 radical (unpaired) electrons. The first-order valence-electron chi connectivity index (χ1n) is 16.9. The van der Waals surface area contributed by atoms with Gasteiger partial charge in [-0.1, -0.05) is 76.6 Å². The molecule has 0 aliphatic rings. The second-order valence-corrected chi connectivity index (χ2v) is 12.6. The Morgan fingerprint density at radius 2 is 1.59 bits per heavy atom. The first-order valence-corrected chi connectivity index (χ1v) is 16.9. The Morgan fingerprint density at radius 1 is 0.898 bits per heavy atom. The van der Waals surface area contributed by atoms with Crippen molar-refractivity contribution in [2.24, 2.45) is 11.8 Å². The molecule has 0 saturated carbocycles. The Bertz CT molecular complexity index is 1370. The second-order valence-electron chi connectivity index (χ2n) is 12.6. The van der Waals surface area contributed by atoms with E-state index in [0.717, 1.165) is 22.8 Å². The molecule has 5 atom stereocenters. The SMILES string of the molecule is C#CC[C@H](NC(=O)[C@H](Cc1cccc2ccccc12)NC(=O)OCCOCCOC)C(=O)NC(CC(C)C)C(O)CC(=O)NCC(C)CC. The monoisotopic (exact) mass is 682 g/mol. The predicted molar refractivity (Wildman–Crippen MR) is 188 cm³/mol. The van der Waals surface area contributed by atoms with E-state index in [9.17, 15) is 24.3 Å². The molecule has 0 fully saturated rings. The van der Waals surface area contributed by atoms with Gasteiger partial charge in [-0.05, 0) is 34.6 Å². The normalized spacial score (nSPS) is 14.2. The van der Waals surface area contributed by atoms with E-state index < -0.39 is 42.1 Å². The molecule has 12 nitrogen and oxygen atoms in total. The molecule has 0 aromatic heterocycles. The van der Waals surface area contributed by atoms with Gasteiger partial charge in [0.2, 0.25) is 17.7 Å². The lowest BCUT2D eigenvalue weighted by atomic mass is 9.96. The average Bonchev–Trinajstić information content (AvgIpc) is 3.07. The standard InChI is InChI=1S/C37H54N4O8/c1-7-12-30(35(44)40-31(21-25(3)4)33(42)23-34(43)38-24-26(5)8-2)39-36(45)32(41-37(46)49-20-19-48-18-17-47-6)22-28-15-11-14-27-13-9-10-16-29(27)28/h1,9-11,13-16,25-26,30-33,42H,8,12,17-24H2,2-6H3,(H,38,43)(H,39,45)(H,40,44)(H,41,46)/t26?,30-,31?,32-,33?/m0/s1. The minimum atomic E-state index is -1.18. The summed E-state index contributed by atoms with van der Waals surface area (Å²) in [6.07, 6.45) is 4.63. The van der Waals surface area contributed by atoms with Crippen LogP contribution in [0.3, 0.4) is 0 Å². The molecule has 2 aromatic carbocycles. The van der Waals surface area contributed by atoms with Gasteiger partial charge in [0.15, 0.2) is 0 Å². The van der Waals surface area contributed by atoms with Gasteiger partial charge in [0.05, 0.1) is 38.4 Å². The van der Waals surface area contributed by atoms with Crippen LogP contribution < -0.4 is 21.3 Å². The summed E-state index contributed by atoms with van der Waals surface area (Å²) in [5.41, 5.74) is 0.797. The van der Waals surface area contributed by atoms with Crippen molar-refractivity contribution in [1.82, 2.24) is 21.3 Å². The summed E-state index contributed by atoms with van der Waals surface area (Å²) in [5.74, 6) is 1.21. The van der Waals surface area contributed by atoms with Gasteiger partial charge in [-0.15, -0.1) is 12.3 Å². The van der Waals surface area contributed by atoms with Crippen LogP contribution in [0.2, 0.25) is 0 Å². The maximum absolute atomic E-state index is 13.8. The third-order valence-corrected chi connectivity index (χ3v) is 8.02. The molecule has 4 amide bonds. The van der Waals surface area contributed by atoms with Crippen LogP contribution >= 0.6 is 0 Å². The van der Waals surface area contributed by atoms with Gasteiger partial charge in [0.1, 0.15) is 18.7 Å². The van der Waals surface area contributed by atoms with E-state index in [1.807, 2.05) is 70.2 Å². The molecule has 3 unspecified atom stereocenters. The highest BCUT2D eigenvalue weighted by atomic mass is 16.6. The van der Waals surface area contributed by atoms with Crippen LogP contribution in [0.15, 0.2) is 42.5 Å². The third kappa shape index (κ3) is 15.3. The Morgan fingerprint density at radius 3 is 2.29 bits per heavy atom. The minimum Gasteiger partial charge on any atom is -0.447 e. The lowest BCUT2D eigenvalue weighted by Gasteiger charge is -2.28. The lowest BCUT2D eigenvalue weighted by Crippen LogP contribution is -2.57. The summed E-state index contributed by atoms with van der Waals surface area (Å²) >= 11 is 0. The summed E-state index contributed by atoms with van der Waals surface area (Å²) in [4.78, 5) is 52.7. The first-order chi connectivity index (χ1) is 23.5. The van der Waals surface area contributed by atoms with Crippen LogP contribution in [0.4, 0.5) is 4.79 Å². The van der Waals surface area contributed by atoms with Crippen molar-refractivity contribution >= 4 is 34.6 Å². The van der Waals surface area contributed by atoms with Gasteiger partial charge in [-0.3, -0.25) is 14.4 Å². The molecule has 2 aromatic rings. The largest absolute Gasteiger partial charge is 0.447 e. The van der Waals surface area contributed by atoms with Gasteiger partial charge in [-0.2, -0.15) is 0 Å². The number of hydrogen-bond donors (Lipinski definition) is 5. The van der Waals surface area contributed by atoms with E-state index in [1.54, 1.807) is 7.11 Å². The summed E-state index contributed by atoms with van der Waals surface area (Å²) in [5, 5.41) is 23.8. The molecule has 0 aliphatic heterocycles. The second kappa shape index (κ2) is 22.5. The number of alkyl carbamates (subject to hydrolysis) is 1. The molecule has 5 N–H and O–H groups in total. The van der Waals surface area contributed by atoms with Gasteiger partial charge in [-0.25, -0.2) is 4.79 Å². The number of amides is 4. The highest BCUT2D eigenvalue weighted by Crippen LogP contribution is 2.20. The number of fused-ring (bicyclic) bond motifs is 1. The summed E-state index contributed by atoms with van der Waals surface area (Å²) < 4.78 is 15.5. The highest BCUT2D eigenvalue weighted by molar-refractivity contribution is 5.93. The van der Waals surface area contributed by atoms with Crippen LogP contribution in [0, 0.1) is 24.2 Å². The molecule has 49 heavy (non-hydrogen) atoms. The zero-order chi connectivity index (χ0) is 36.2. The minimum absolute atomic E-state index is 0.0461. The van der Waals surface area contributed by atoms with E-state index in [-0.39, 0.29) is 44.3 Å². The topological polar surface area (TPSA) is 164 Å². The van der Waals surface area contributed by atoms with Gasteiger partial charge in [0.25, 0.3) is 0 Å². The van der Waals surface area contributed by atoms with Crippen molar-refractivity contribution < 1.29 is 38.5 Å². The van der Waals surface area contributed by atoms with Crippen LogP contribution in [-0.4, -0.2) is 93.2 Å². The first kappa shape index (κ1) is 41.0. The molecule has 12 heteroatoms. The molecule has 0 heterocycles. The number of terminal acetylenes is 1. The number of methoxy groups -OCH3 is 1. The molecular formula is C37H54N4O8. The zero-order valence-corrected chi connectivity index (χ0v) is 29.5. The smallest absolute Gasteiger partial charge is 0.407 e. The van der Waals surface area contributed by atoms with E-state index in [1.165, 1.54) is 0 Å². The quantitative estimate of drug-likeness (QED) is 0.0935. The highest BCUT2D eigenvalue weighted by Gasteiger charge is 2.31. The van der Waals surface area contributed by atoms with Crippen molar-refractivity contribution in [3.05, 3.63) is 48.0 Å². The summed E-state index contributed by atoms with van der Waals surface area (Å²) in [6.45, 7) is 9.24. The fraction of sp³-hybridized carbons (Fsp3) is 0.568. The fourth-order valence-corrected chi connectivity index (χ4v) is 5.06. The number of benzene rings is 2. The number of hydrogen-bond acceptors (Lipinski definition) is 8. The maximum atomic E-state index is 13.8. The van der Waals surface area contributed by atoms with Gasteiger partial charge in [0, 0.05) is 26.5 Å². The van der Waals surface area contributed by atoms with E-state index in [4.69, 9.17) is 20.6 Å². The van der Waals surface area contributed by atoms with Crippen LogP contribution in [0.25, 0.3) is 10.8 Å². The Hall–Kier alpha value is -4.18. The third-order valence-electron chi connectivity index (χ3n) is 8.02. The van der Waals surface area contributed by atoms with Crippen molar-refractivity contribution in [2.75, 3.05) is 40.1 Å². The molecule has 2 rings (SSSR count). The van der Waals surface area contributed by atoms with Gasteiger partial charge >= 0.3 is 6.09 Å². The van der Waals surface area contributed by atoms with E-state index >= 15 is 0 Å². The maximum Gasteiger partial charge on any atom is 0.407 e. The van der Waals surface area contributed by atoms with Crippen LogP contribution in [-0.2, 0) is 35.0 Å². The van der Waals surface area contributed by atoms with Crippen molar-refractivity contribution in [1.29, 1.82) is 0 Å². The Labute approximate surface area is 290 Å².